The van der Waals surface area contributed by atoms with Crippen molar-refractivity contribution in [2.75, 3.05) is 0 Å². The molecule has 0 aliphatic heterocycles. The quantitative estimate of drug-likeness (QED) is 0.830. The molecule has 0 spiro atoms. The number of ketones is 1. The number of rotatable bonds is 4. The molecule has 0 aromatic carbocycles. The van der Waals surface area contributed by atoms with E-state index in [0.29, 0.717) is 6.42 Å². The molecule has 1 heterocycles. The van der Waals surface area contributed by atoms with Crippen molar-refractivity contribution in [3.05, 3.63) is 18.0 Å². The molecule has 0 radical (unpaired) electrons. The summed E-state index contributed by atoms with van der Waals surface area (Å²) in [5.41, 5.74) is 6.68. The summed E-state index contributed by atoms with van der Waals surface area (Å²) in [6.07, 6.45) is 8.96. The average molecular weight is 221 g/mol. The summed E-state index contributed by atoms with van der Waals surface area (Å²) in [4.78, 5) is 12.0. The van der Waals surface area contributed by atoms with E-state index in [0.717, 1.165) is 37.7 Å². The highest BCUT2D eigenvalue weighted by atomic mass is 16.1. The topological polar surface area (TPSA) is 60.9 Å². The number of hydrogen-bond acceptors (Lipinski definition) is 3. The van der Waals surface area contributed by atoms with Crippen LogP contribution in [0, 0.1) is 0 Å². The number of nitrogens with zero attached hydrogens (tertiary/aromatic N) is 2. The number of Topliss-reactive ketones (excluding diaryl/α,β-unsaturated/α-hetero) is 1. The third-order valence-corrected chi connectivity index (χ3v) is 3.45. The molecule has 1 fully saturated rings. The van der Waals surface area contributed by atoms with E-state index >= 15 is 0 Å². The normalized spacial score (nSPS) is 18.9. The Morgan fingerprint density at radius 2 is 2.25 bits per heavy atom. The van der Waals surface area contributed by atoms with Gasteiger partial charge in [0, 0.05) is 19.7 Å². The van der Waals surface area contributed by atoms with Crippen molar-refractivity contribution in [3.8, 4) is 0 Å². The van der Waals surface area contributed by atoms with Crippen LogP contribution in [-0.4, -0.2) is 21.1 Å². The van der Waals surface area contributed by atoms with Gasteiger partial charge in [0.15, 0.2) is 5.78 Å². The van der Waals surface area contributed by atoms with Gasteiger partial charge < -0.3 is 5.73 Å². The van der Waals surface area contributed by atoms with E-state index in [1.165, 1.54) is 0 Å². The first kappa shape index (κ1) is 11.3. The molecule has 0 atom stereocenters. The van der Waals surface area contributed by atoms with Gasteiger partial charge in [-0.05, 0) is 24.8 Å². The number of nitrogens with two attached hydrogens (primary N) is 1. The Bertz CT molecular complexity index is 377. The zero-order chi connectivity index (χ0) is 11.6. The number of carbonyl (C=O) groups excluding carboxylic acids is 1. The molecule has 0 bridgehead atoms. The van der Waals surface area contributed by atoms with Gasteiger partial charge in [-0.1, -0.05) is 12.8 Å². The fourth-order valence-electron chi connectivity index (χ4n) is 2.39. The van der Waals surface area contributed by atoms with Gasteiger partial charge in [0.05, 0.1) is 11.7 Å². The van der Waals surface area contributed by atoms with Crippen LogP contribution in [0.25, 0.3) is 0 Å². The molecule has 2 N–H and O–H groups in total. The van der Waals surface area contributed by atoms with Gasteiger partial charge in [-0.2, -0.15) is 5.10 Å². The first-order valence-corrected chi connectivity index (χ1v) is 5.90. The zero-order valence-corrected chi connectivity index (χ0v) is 9.78. The van der Waals surface area contributed by atoms with Gasteiger partial charge >= 0.3 is 0 Å². The van der Waals surface area contributed by atoms with Crippen LogP contribution in [0.3, 0.4) is 0 Å². The molecule has 88 valence electrons. The van der Waals surface area contributed by atoms with Gasteiger partial charge in [0.1, 0.15) is 0 Å². The second-order valence-corrected chi connectivity index (χ2v) is 4.81. The minimum absolute atomic E-state index is 0.217. The Kier molecular flexibility index (Phi) is 3.10. The molecule has 0 saturated heterocycles. The van der Waals surface area contributed by atoms with E-state index in [2.05, 4.69) is 5.10 Å². The second kappa shape index (κ2) is 4.37. The molecule has 0 unspecified atom stereocenters. The Hall–Kier alpha value is -1.16. The van der Waals surface area contributed by atoms with Crippen LogP contribution in [0.1, 0.15) is 37.7 Å². The predicted molar refractivity (Wildman–Crippen MR) is 61.9 cm³/mol. The van der Waals surface area contributed by atoms with Crippen molar-refractivity contribution in [1.82, 2.24) is 9.78 Å². The lowest BCUT2D eigenvalue weighted by molar-refractivity contribution is -0.124. The van der Waals surface area contributed by atoms with Crippen LogP contribution in [0.5, 0.6) is 0 Å². The smallest absolute Gasteiger partial charge is 0.152 e. The fourth-order valence-corrected chi connectivity index (χ4v) is 2.39. The maximum absolute atomic E-state index is 12.0. The van der Waals surface area contributed by atoms with E-state index in [9.17, 15) is 4.79 Å². The Balaban J connectivity index is 1.88. The van der Waals surface area contributed by atoms with Crippen molar-refractivity contribution < 1.29 is 4.79 Å². The minimum atomic E-state index is -0.526. The van der Waals surface area contributed by atoms with Crippen LogP contribution in [0.15, 0.2) is 12.4 Å². The van der Waals surface area contributed by atoms with Crippen LogP contribution in [0.4, 0.5) is 0 Å². The number of aryl methyl sites for hydroxylation is 2. The van der Waals surface area contributed by atoms with Crippen LogP contribution in [0.2, 0.25) is 0 Å². The summed E-state index contributed by atoms with van der Waals surface area (Å²) in [7, 11) is 1.88. The highest BCUT2D eigenvalue weighted by Gasteiger charge is 2.35. The van der Waals surface area contributed by atoms with Gasteiger partial charge in [-0.25, -0.2) is 0 Å². The highest BCUT2D eigenvalue weighted by molar-refractivity contribution is 5.88. The van der Waals surface area contributed by atoms with Crippen molar-refractivity contribution in [3.63, 3.8) is 0 Å². The van der Waals surface area contributed by atoms with Gasteiger partial charge in [-0.15, -0.1) is 0 Å². The fraction of sp³-hybridized carbons (Fsp3) is 0.667. The SMILES string of the molecule is Cn1cc(CCC(=O)C2(N)CCCC2)cn1. The summed E-state index contributed by atoms with van der Waals surface area (Å²) >= 11 is 0. The molecule has 1 saturated carbocycles. The third kappa shape index (κ3) is 2.32. The molecule has 0 amide bonds. The molecule has 1 aliphatic rings. The van der Waals surface area contributed by atoms with Gasteiger partial charge in [-0.3, -0.25) is 9.48 Å². The zero-order valence-electron chi connectivity index (χ0n) is 9.78. The van der Waals surface area contributed by atoms with Crippen molar-refractivity contribution in [1.29, 1.82) is 0 Å². The van der Waals surface area contributed by atoms with E-state index in [4.69, 9.17) is 5.73 Å². The van der Waals surface area contributed by atoms with Crippen molar-refractivity contribution in [2.24, 2.45) is 12.8 Å². The standard InChI is InChI=1S/C12H19N3O/c1-15-9-10(8-14-15)4-5-11(16)12(13)6-2-3-7-12/h8-9H,2-7,13H2,1H3. The van der Waals surface area contributed by atoms with E-state index in [-0.39, 0.29) is 5.78 Å². The monoisotopic (exact) mass is 221 g/mol. The Morgan fingerprint density at radius 1 is 1.56 bits per heavy atom. The summed E-state index contributed by atoms with van der Waals surface area (Å²) in [5, 5.41) is 4.08. The molecule has 1 aromatic rings. The predicted octanol–water partition coefficient (Wildman–Crippen LogP) is 1.19. The lowest BCUT2D eigenvalue weighted by Crippen LogP contribution is -2.45. The van der Waals surface area contributed by atoms with Crippen LogP contribution >= 0.6 is 0 Å². The molecule has 1 aromatic heterocycles. The van der Waals surface area contributed by atoms with Crippen molar-refractivity contribution >= 4 is 5.78 Å². The van der Waals surface area contributed by atoms with E-state index in [1.807, 2.05) is 19.4 Å². The number of hydrogen-bond donors (Lipinski definition) is 1. The Morgan fingerprint density at radius 3 is 2.81 bits per heavy atom. The van der Waals surface area contributed by atoms with E-state index < -0.39 is 5.54 Å². The Labute approximate surface area is 95.8 Å². The van der Waals surface area contributed by atoms with Gasteiger partial charge in [0.2, 0.25) is 0 Å². The first-order valence-electron chi connectivity index (χ1n) is 5.90. The molecule has 1 aliphatic carbocycles. The summed E-state index contributed by atoms with van der Waals surface area (Å²) < 4.78 is 1.76. The number of carbonyl (C=O) groups is 1. The summed E-state index contributed by atoms with van der Waals surface area (Å²) in [5.74, 6) is 0.217. The largest absolute Gasteiger partial charge is 0.319 e. The van der Waals surface area contributed by atoms with E-state index in [1.54, 1.807) is 4.68 Å². The molecule has 4 heteroatoms. The highest BCUT2D eigenvalue weighted by Crippen LogP contribution is 2.29. The molecule has 2 rings (SSSR count). The first-order chi connectivity index (χ1) is 7.60. The maximum Gasteiger partial charge on any atom is 0.152 e. The average Bonchev–Trinajstić information content (AvgIpc) is 2.85. The second-order valence-electron chi connectivity index (χ2n) is 4.81. The lowest BCUT2D eigenvalue weighted by Gasteiger charge is -2.21. The number of aromatic nitrogens is 2. The maximum atomic E-state index is 12.0. The van der Waals surface area contributed by atoms with Gasteiger partial charge in [0.25, 0.3) is 0 Å². The van der Waals surface area contributed by atoms with Crippen LogP contribution < -0.4 is 5.73 Å². The molecular weight excluding hydrogens is 202 g/mol. The lowest BCUT2D eigenvalue weighted by atomic mass is 9.90. The van der Waals surface area contributed by atoms with Crippen LogP contribution in [-0.2, 0) is 18.3 Å². The summed E-state index contributed by atoms with van der Waals surface area (Å²) in [6, 6.07) is 0. The molecule has 4 nitrogen and oxygen atoms in total. The van der Waals surface area contributed by atoms with Crippen molar-refractivity contribution in [2.45, 2.75) is 44.1 Å². The molecule has 16 heavy (non-hydrogen) atoms. The summed E-state index contributed by atoms with van der Waals surface area (Å²) in [6.45, 7) is 0. The third-order valence-electron chi connectivity index (χ3n) is 3.45. The minimum Gasteiger partial charge on any atom is -0.319 e. The molecular formula is C12H19N3O.